The maximum atomic E-state index is 11.5. The van der Waals surface area contributed by atoms with Crippen molar-refractivity contribution >= 4 is 21.6 Å². The zero-order chi connectivity index (χ0) is 11.9. The predicted octanol–water partition coefficient (Wildman–Crippen LogP) is 1.17. The van der Waals surface area contributed by atoms with Crippen LogP contribution < -0.4 is 4.72 Å². The van der Waals surface area contributed by atoms with Gasteiger partial charge in [-0.1, -0.05) is 0 Å². The van der Waals surface area contributed by atoms with E-state index in [-0.39, 0.29) is 5.75 Å². The van der Waals surface area contributed by atoms with Gasteiger partial charge in [0.1, 0.15) is 0 Å². The average molecular weight is 263 g/mol. The van der Waals surface area contributed by atoms with Gasteiger partial charge < -0.3 is 0 Å². The van der Waals surface area contributed by atoms with Crippen molar-refractivity contribution in [3.05, 3.63) is 30.1 Å². The number of nitrogens with one attached hydrogen (secondary N) is 1. The fourth-order valence-corrected chi connectivity index (χ4v) is 2.41. The van der Waals surface area contributed by atoms with E-state index in [1.54, 1.807) is 12.4 Å². The molecule has 0 unspecified atom stereocenters. The van der Waals surface area contributed by atoms with Gasteiger partial charge in [0.25, 0.3) is 0 Å². The van der Waals surface area contributed by atoms with Crippen LogP contribution in [-0.4, -0.2) is 31.6 Å². The zero-order valence-corrected chi connectivity index (χ0v) is 10.5. The first-order valence-corrected chi connectivity index (χ1v) is 7.25. The Labute approximate surface area is 101 Å². The van der Waals surface area contributed by atoms with Gasteiger partial charge >= 0.3 is 0 Å². The van der Waals surface area contributed by atoms with E-state index in [4.69, 9.17) is 11.6 Å². The largest absolute Gasteiger partial charge is 0.265 e. The molecule has 0 spiro atoms. The van der Waals surface area contributed by atoms with Gasteiger partial charge in [0.2, 0.25) is 10.0 Å². The van der Waals surface area contributed by atoms with Crippen LogP contribution in [0.4, 0.5) is 0 Å². The van der Waals surface area contributed by atoms with Crippen molar-refractivity contribution < 1.29 is 8.42 Å². The van der Waals surface area contributed by atoms with Crippen LogP contribution >= 0.6 is 11.6 Å². The molecule has 6 heteroatoms. The summed E-state index contributed by atoms with van der Waals surface area (Å²) in [5.74, 6) is 0.562. The first-order chi connectivity index (χ1) is 7.64. The summed E-state index contributed by atoms with van der Waals surface area (Å²) < 4.78 is 25.5. The highest BCUT2D eigenvalue weighted by Crippen LogP contribution is 1.99. The topological polar surface area (TPSA) is 59.1 Å². The molecule has 1 rings (SSSR count). The van der Waals surface area contributed by atoms with Crippen LogP contribution in [0.3, 0.4) is 0 Å². The maximum Gasteiger partial charge on any atom is 0.211 e. The summed E-state index contributed by atoms with van der Waals surface area (Å²) >= 11 is 5.46. The second-order valence-electron chi connectivity index (χ2n) is 3.36. The van der Waals surface area contributed by atoms with Crippen molar-refractivity contribution in [1.82, 2.24) is 9.71 Å². The Morgan fingerprint density at radius 1 is 1.31 bits per heavy atom. The molecule has 0 bridgehead atoms. The second-order valence-corrected chi connectivity index (χ2v) is 5.67. The van der Waals surface area contributed by atoms with Gasteiger partial charge in [-0.25, -0.2) is 13.1 Å². The molecule has 1 aromatic rings. The number of alkyl halides is 1. The Kier molecular flexibility index (Phi) is 5.73. The fraction of sp³-hybridized carbons (Fsp3) is 0.500. The van der Waals surface area contributed by atoms with Crippen LogP contribution in [0.15, 0.2) is 24.5 Å². The molecule has 1 heterocycles. The first-order valence-electron chi connectivity index (χ1n) is 5.06. The Morgan fingerprint density at radius 3 is 2.62 bits per heavy atom. The molecule has 16 heavy (non-hydrogen) atoms. The quantitative estimate of drug-likeness (QED) is 0.593. The summed E-state index contributed by atoms with van der Waals surface area (Å²) in [4.78, 5) is 3.87. The molecule has 0 aliphatic carbocycles. The standard InChI is InChI=1S/C10H15ClN2O2S/c11-5-1-6-13-16(14,15)9-4-10-2-7-12-8-3-10/h2-3,7-8,13H,1,4-6,9H2. The van der Waals surface area contributed by atoms with Gasteiger partial charge in [-0.2, -0.15) is 0 Å². The lowest BCUT2D eigenvalue weighted by Gasteiger charge is -2.05. The summed E-state index contributed by atoms with van der Waals surface area (Å²) in [7, 11) is -3.18. The summed E-state index contributed by atoms with van der Waals surface area (Å²) in [5, 5.41) is 0. The molecule has 4 nitrogen and oxygen atoms in total. The molecule has 90 valence electrons. The summed E-state index contributed by atoms with van der Waals surface area (Å²) in [6.07, 6.45) is 4.46. The van der Waals surface area contributed by atoms with E-state index in [1.165, 1.54) is 0 Å². The third-order valence-electron chi connectivity index (χ3n) is 2.04. The third-order valence-corrected chi connectivity index (χ3v) is 3.69. The molecule has 0 aliphatic rings. The van der Waals surface area contributed by atoms with E-state index in [2.05, 4.69) is 9.71 Å². The van der Waals surface area contributed by atoms with Gasteiger partial charge in [0.05, 0.1) is 5.75 Å². The van der Waals surface area contributed by atoms with E-state index >= 15 is 0 Å². The monoisotopic (exact) mass is 262 g/mol. The van der Waals surface area contributed by atoms with Gasteiger partial charge in [-0.3, -0.25) is 4.98 Å². The van der Waals surface area contributed by atoms with Crippen LogP contribution in [0.2, 0.25) is 0 Å². The van der Waals surface area contributed by atoms with E-state index in [0.29, 0.717) is 25.3 Å². The van der Waals surface area contributed by atoms with Crippen LogP contribution in [0, 0.1) is 0 Å². The number of halogens is 1. The van der Waals surface area contributed by atoms with Crippen molar-refractivity contribution in [3.63, 3.8) is 0 Å². The number of sulfonamides is 1. The SMILES string of the molecule is O=S(=O)(CCc1ccncc1)NCCCCl. The Balaban J connectivity index is 2.36. The number of rotatable bonds is 7. The van der Waals surface area contributed by atoms with Crippen molar-refractivity contribution in [2.45, 2.75) is 12.8 Å². The van der Waals surface area contributed by atoms with Crippen molar-refractivity contribution in [2.75, 3.05) is 18.2 Å². The highest BCUT2D eigenvalue weighted by molar-refractivity contribution is 7.89. The van der Waals surface area contributed by atoms with Gasteiger partial charge in [0.15, 0.2) is 0 Å². The number of aromatic nitrogens is 1. The Hall–Kier alpha value is -0.650. The summed E-state index contributed by atoms with van der Waals surface area (Å²) in [5.41, 5.74) is 0.970. The van der Waals surface area contributed by atoms with Crippen LogP contribution in [0.5, 0.6) is 0 Å². The molecular formula is C10H15ClN2O2S. The van der Waals surface area contributed by atoms with E-state index in [9.17, 15) is 8.42 Å². The minimum atomic E-state index is -3.18. The smallest absolute Gasteiger partial charge is 0.211 e. The van der Waals surface area contributed by atoms with Crippen LogP contribution in [0.1, 0.15) is 12.0 Å². The molecule has 0 saturated heterocycles. The normalized spacial score (nSPS) is 11.6. The second kappa shape index (κ2) is 6.83. The minimum absolute atomic E-state index is 0.0965. The van der Waals surface area contributed by atoms with Gasteiger partial charge in [-0.15, -0.1) is 11.6 Å². The molecule has 0 atom stereocenters. The van der Waals surface area contributed by atoms with Gasteiger partial charge in [-0.05, 0) is 30.5 Å². The molecule has 1 N–H and O–H groups in total. The Bertz CT molecular complexity index is 395. The van der Waals surface area contributed by atoms with Gasteiger partial charge in [0, 0.05) is 24.8 Å². The lowest BCUT2D eigenvalue weighted by molar-refractivity contribution is 0.580. The number of hydrogen-bond acceptors (Lipinski definition) is 3. The first kappa shape index (κ1) is 13.4. The van der Waals surface area contributed by atoms with Crippen LogP contribution in [-0.2, 0) is 16.4 Å². The third kappa shape index (κ3) is 5.44. The highest BCUT2D eigenvalue weighted by Gasteiger charge is 2.09. The van der Waals surface area contributed by atoms with Crippen LogP contribution in [0.25, 0.3) is 0 Å². The molecule has 1 aromatic heterocycles. The molecule has 0 saturated carbocycles. The molecule has 0 fully saturated rings. The molecule has 0 aromatic carbocycles. The number of pyridine rings is 1. The molecule has 0 amide bonds. The molecule has 0 aliphatic heterocycles. The molecule has 0 radical (unpaired) electrons. The van der Waals surface area contributed by atoms with E-state index in [0.717, 1.165) is 5.56 Å². The van der Waals surface area contributed by atoms with Crippen molar-refractivity contribution in [1.29, 1.82) is 0 Å². The van der Waals surface area contributed by atoms with E-state index < -0.39 is 10.0 Å². The molecular weight excluding hydrogens is 248 g/mol. The predicted molar refractivity (Wildman–Crippen MR) is 65.1 cm³/mol. The lowest BCUT2D eigenvalue weighted by atomic mass is 10.2. The lowest BCUT2D eigenvalue weighted by Crippen LogP contribution is -2.28. The zero-order valence-electron chi connectivity index (χ0n) is 8.89. The average Bonchev–Trinajstić information content (AvgIpc) is 2.28. The van der Waals surface area contributed by atoms with Crippen molar-refractivity contribution in [3.8, 4) is 0 Å². The number of hydrogen-bond donors (Lipinski definition) is 1. The Morgan fingerprint density at radius 2 is 2.00 bits per heavy atom. The highest BCUT2D eigenvalue weighted by atomic mass is 35.5. The summed E-state index contributed by atoms with van der Waals surface area (Å²) in [6.45, 7) is 0.405. The number of aryl methyl sites for hydroxylation is 1. The fourth-order valence-electron chi connectivity index (χ4n) is 1.17. The van der Waals surface area contributed by atoms with Crippen molar-refractivity contribution in [2.24, 2.45) is 0 Å². The minimum Gasteiger partial charge on any atom is -0.265 e. The van der Waals surface area contributed by atoms with E-state index in [1.807, 2.05) is 12.1 Å². The maximum absolute atomic E-state index is 11.5. The summed E-state index contributed by atoms with van der Waals surface area (Å²) in [6, 6.07) is 3.63. The number of nitrogens with zero attached hydrogens (tertiary/aromatic N) is 1.